The minimum Gasteiger partial charge on any atom is -0.294 e. The number of hydroxylamine groups is 2. The van der Waals surface area contributed by atoms with Gasteiger partial charge in [0.25, 0.3) is 0 Å². The predicted octanol–water partition coefficient (Wildman–Crippen LogP) is 7.84. The molecule has 0 N–H and O–H groups in total. The fourth-order valence-electron chi connectivity index (χ4n) is 7.55. The van der Waals surface area contributed by atoms with Gasteiger partial charge in [0, 0.05) is 0 Å². The number of hydrogen-bond donors (Lipinski definition) is 0. The van der Waals surface area contributed by atoms with Gasteiger partial charge in [0.05, 0.1) is 17.2 Å². The molecule has 0 amide bonds. The Balaban J connectivity index is 1.62. The van der Waals surface area contributed by atoms with E-state index in [2.05, 4.69) is 86.5 Å². The van der Waals surface area contributed by atoms with E-state index in [4.69, 9.17) is 4.84 Å². The zero-order chi connectivity index (χ0) is 22.2. The summed E-state index contributed by atoms with van der Waals surface area (Å²) in [6.45, 7) is 7.30. The van der Waals surface area contributed by atoms with Gasteiger partial charge in [-0.15, -0.1) is 0 Å². The van der Waals surface area contributed by atoms with E-state index in [1.165, 1.54) is 68.9 Å². The van der Waals surface area contributed by atoms with Crippen molar-refractivity contribution in [3.05, 3.63) is 71.8 Å². The summed E-state index contributed by atoms with van der Waals surface area (Å²) in [4.78, 5) is 7.22. The zero-order valence-electron chi connectivity index (χ0n) is 20.3. The summed E-state index contributed by atoms with van der Waals surface area (Å²) in [7, 11) is 0. The van der Waals surface area contributed by atoms with Gasteiger partial charge in [0.15, 0.2) is 0 Å². The van der Waals surface area contributed by atoms with Crippen LogP contribution in [0.4, 0.5) is 0 Å². The molecule has 172 valence electrons. The molecular formula is C30H41NO. The van der Waals surface area contributed by atoms with Crippen molar-refractivity contribution in [2.45, 2.75) is 95.7 Å². The summed E-state index contributed by atoms with van der Waals surface area (Å²) in [6.07, 6.45) is 12.2. The van der Waals surface area contributed by atoms with Crippen molar-refractivity contribution in [1.82, 2.24) is 5.06 Å². The van der Waals surface area contributed by atoms with Crippen LogP contribution in [0.5, 0.6) is 0 Å². The minimum absolute atomic E-state index is 0.125. The first kappa shape index (κ1) is 22.2. The third kappa shape index (κ3) is 3.55. The predicted molar refractivity (Wildman–Crippen MR) is 132 cm³/mol. The molecule has 5 atom stereocenters. The van der Waals surface area contributed by atoms with Crippen molar-refractivity contribution in [1.29, 1.82) is 0 Å². The average Bonchev–Trinajstić information content (AvgIpc) is 3.06. The molecule has 5 rings (SSSR count). The zero-order valence-corrected chi connectivity index (χ0v) is 20.3. The van der Waals surface area contributed by atoms with Gasteiger partial charge in [-0.1, -0.05) is 92.8 Å². The molecule has 2 aliphatic carbocycles. The molecule has 2 aromatic rings. The number of nitrogens with zero attached hydrogens (tertiary/aromatic N) is 1. The van der Waals surface area contributed by atoms with Crippen LogP contribution in [-0.4, -0.2) is 11.2 Å². The van der Waals surface area contributed by atoms with E-state index in [1.807, 2.05) is 0 Å². The van der Waals surface area contributed by atoms with Crippen LogP contribution < -0.4 is 0 Å². The topological polar surface area (TPSA) is 12.5 Å². The van der Waals surface area contributed by atoms with Crippen molar-refractivity contribution >= 4 is 0 Å². The maximum atomic E-state index is 7.22. The molecule has 2 nitrogen and oxygen atoms in total. The maximum Gasteiger partial charge on any atom is 0.0794 e. The fourth-order valence-corrected chi connectivity index (χ4v) is 7.55. The number of hydrogen-bond acceptors (Lipinski definition) is 2. The summed E-state index contributed by atoms with van der Waals surface area (Å²) < 4.78 is 0. The lowest BCUT2D eigenvalue weighted by Gasteiger charge is -2.47. The molecule has 2 saturated carbocycles. The molecule has 1 saturated heterocycles. The van der Waals surface area contributed by atoms with Gasteiger partial charge in [0.1, 0.15) is 0 Å². The highest BCUT2D eigenvalue weighted by atomic mass is 16.7. The second-order valence-electron chi connectivity index (χ2n) is 11.0. The fraction of sp³-hybridized carbons (Fsp3) is 0.600. The third-order valence-electron chi connectivity index (χ3n) is 9.36. The van der Waals surface area contributed by atoms with Gasteiger partial charge in [-0.05, 0) is 75.3 Å². The van der Waals surface area contributed by atoms with Crippen LogP contribution in [0.3, 0.4) is 0 Å². The lowest BCUT2D eigenvalue weighted by atomic mass is 9.65. The van der Waals surface area contributed by atoms with Gasteiger partial charge in [0.2, 0.25) is 0 Å². The van der Waals surface area contributed by atoms with Gasteiger partial charge in [-0.25, -0.2) is 0 Å². The normalized spacial score (nSPS) is 34.8. The van der Waals surface area contributed by atoms with E-state index in [0.29, 0.717) is 17.8 Å². The molecule has 32 heavy (non-hydrogen) atoms. The first-order chi connectivity index (χ1) is 15.6. The molecule has 0 radical (unpaired) electrons. The van der Waals surface area contributed by atoms with Crippen LogP contribution >= 0.6 is 0 Å². The van der Waals surface area contributed by atoms with Gasteiger partial charge >= 0.3 is 0 Å². The Bertz CT molecular complexity index is 815. The van der Waals surface area contributed by atoms with Crippen molar-refractivity contribution in [3.63, 3.8) is 0 Å². The highest BCUT2D eigenvalue weighted by Gasteiger charge is 2.64. The lowest BCUT2D eigenvalue weighted by Crippen LogP contribution is -2.52. The summed E-state index contributed by atoms with van der Waals surface area (Å²) in [5.41, 5.74) is 2.57. The average molecular weight is 432 g/mol. The second kappa shape index (κ2) is 8.95. The van der Waals surface area contributed by atoms with Crippen molar-refractivity contribution in [2.24, 2.45) is 17.8 Å². The van der Waals surface area contributed by atoms with Crippen LogP contribution in [0.1, 0.15) is 89.7 Å². The monoisotopic (exact) mass is 431 g/mol. The quantitative estimate of drug-likeness (QED) is 0.478. The SMILES string of the molecule is CC(ON1C(C)(c2ccccc2)C2CCCCC2C1(C)c1ccccc1)C1CCCCC1. The summed E-state index contributed by atoms with van der Waals surface area (Å²) in [5, 5.41) is 2.52. The summed E-state index contributed by atoms with van der Waals surface area (Å²) >= 11 is 0. The molecule has 2 heteroatoms. The number of benzene rings is 2. The van der Waals surface area contributed by atoms with Gasteiger partial charge in [-0.3, -0.25) is 4.84 Å². The Kier molecular flexibility index (Phi) is 6.20. The van der Waals surface area contributed by atoms with Crippen LogP contribution in [0.25, 0.3) is 0 Å². The first-order valence-electron chi connectivity index (χ1n) is 13.1. The minimum atomic E-state index is -0.125. The Labute approximate surface area is 195 Å². The molecular weight excluding hydrogens is 390 g/mol. The largest absolute Gasteiger partial charge is 0.294 e. The number of fused-ring (bicyclic) bond motifs is 1. The van der Waals surface area contributed by atoms with Crippen LogP contribution in [0.2, 0.25) is 0 Å². The van der Waals surface area contributed by atoms with E-state index in [9.17, 15) is 0 Å². The Morgan fingerprint density at radius 2 is 1.12 bits per heavy atom. The Morgan fingerprint density at radius 3 is 1.59 bits per heavy atom. The third-order valence-corrected chi connectivity index (χ3v) is 9.36. The molecule has 0 spiro atoms. The van der Waals surface area contributed by atoms with E-state index in [-0.39, 0.29) is 17.2 Å². The highest BCUT2D eigenvalue weighted by molar-refractivity contribution is 5.35. The highest BCUT2D eigenvalue weighted by Crippen LogP contribution is 2.63. The molecule has 0 aromatic heterocycles. The van der Waals surface area contributed by atoms with Crippen LogP contribution in [0, 0.1) is 17.8 Å². The standard InChI is InChI=1S/C30H41NO/c1-23(24-15-7-4-8-16-24)32-31-29(2,25-17-9-5-10-18-25)27-21-13-14-22-28(27)30(31,3)26-19-11-6-12-20-26/h5-6,9-12,17-20,23-24,27-28H,4,7-8,13-16,21-22H2,1-3H3. The molecule has 5 unspecified atom stereocenters. The van der Waals surface area contributed by atoms with E-state index >= 15 is 0 Å². The van der Waals surface area contributed by atoms with Gasteiger partial charge in [-0.2, -0.15) is 5.06 Å². The lowest BCUT2D eigenvalue weighted by molar-refractivity contribution is -0.295. The molecule has 2 aromatic carbocycles. The van der Waals surface area contributed by atoms with Crippen molar-refractivity contribution in [3.8, 4) is 0 Å². The van der Waals surface area contributed by atoms with Crippen molar-refractivity contribution < 1.29 is 4.84 Å². The molecule has 1 aliphatic heterocycles. The first-order valence-corrected chi connectivity index (χ1v) is 13.1. The maximum absolute atomic E-state index is 7.22. The second-order valence-corrected chi connectivity index (χ2v) is 11.0. The van der Waals surface area contributed by atoms with Crippen LogP contribution in [0.15, 0.2) is 60.7 Å². The Morgan fingerprint density at radius 1 is 0.688 bits per heavy atom. The molecule has 1 heterocycles. The summed E-state index contributed by atoms with van der Waals surface area (Å²) in [6, 6.07) is 22.5. The molecule has 3 fully saturated rings. The molecule has 0 bridgehead atoms. The van der Waals surface area contributed by atoms with Crippen molar-refractivity contribution in [2.75, 3.05) is 0 Å². The van der Waals surface area contributed by atoms with Gasteiger partial charge < -0.3 is 0 Å². The van der Waals surface area contributed by atoms with Crippen LogP contribution in [-0.2, 0) is 15.9 Å². The van der Waals surface area contributed by atoms with E-state index in [0.717, 1.165) is 0 Å². The Hall–Kier alpha value is -1.64. The molecule has 3 aliphatic rings. The number of rotatable bonds is 5. The van der Waals surface area contributed by atoms with E-state index < -0.39 is 0 Å². The smallest absolute Gasteiger partial charge is 0.0794 e. The van der Waals surface area contributed by atoms with E-state index in [1.54, 1.807) is 0 Å². The summed E-state index contributed by atoms with van der Waals surface area (Å²) in [5.74, 6) is 1.87.